The van der Waals surface area contributed by atoms with Crippen LogP contribution >= 0.6 is 0 Å². The molecular weight excluding hydrogens is 294 g/mol. The summed E-state index contributed by atoms with van der Waals surface area (Å²) < 4.78 is 1.61. The van der Waals surface area contributed by atoms with E-state index in [1.165, 1.54) is 0 Å². The van der Waals surface area contributed by atoms with Crippen molar-refractivity contribution < 1.29 is 9.90 Å². The molecule has 2 aromatic rings. The van der Waals surface area contributed by atoms with Crippen LogP contribution in [0.5, 0.6) is 0 Å². The van der Waals surface area contributed by atoms with Gasteiger partial charge in [-0.2, -0.15) is 5.10 Å². The van der Waals surface area contributed by atoms with Gasteiger partial charge in [-0.1, -0.05) is 12.1 Å². The third-order valence-electron chi connectivity index (χ3n) is 3.14. The Labute approximate surface area is 135 Å². The van der Waals surface area contributed by atoms with Gasteiger partial charge in [-0.3, -0.25) is 4.68 Å². The molecule has 3 N–H and O–H groups in total. The molecular formula is C16H23N5O2. The first-order chi connectivity index (χ1) is 10.9. The summed E-state index contributed by atoms with van der Waals surface area (Å²) in [5, 5.41) is 19.5. The summed E-state index contributed by atoms with van der Waals surface area (Å²) in [6.07, 6.45) is 2.73. The molecule has 0 fully saturated rings. The molecule has 1 aromatic carbocycles. The topological polar surface area (TPSA) is 82.4 Å². The molecule has 0 aliphatic rings. The molecule has 0 aliphatic heterocycles. The molecule has 0 bridgehead atoms. The first kappa shape index (κ1) is 17.0. The highest BCUT2D eigenvalue weighted by Crippen LogP contribution is 2.11. The molecule has 0 saturated heterocycles. The average Bonchev–Trinajstić information content (AvgIpc) is 2.84. The van der Waals surface area contributed by atoms with Crippen LogP contribution in [0, 0.1) is 6.92 Å². The third kappa shape index (κ3) is 5.72. The van der Waals surface area contributed by atoms with Gasteiger partial charge in [0.15, 0.2) is 0 Å². The van der Waals surface area contributed by atoms with Crippen molar-refractivity contribution in [1.82, 2.24) is 14.7 Å². The van der Waals surface area contributed by atoms with E-state index in [1.54, 1.807) is 17.1 Å². The lowest BCUT2D eigenvalue weighted by Gasteiger charge is -2.15. The van der Waals surface area contributed by atoms with Crippen molar-refractivity contribution in [3.05, 3.63) is 42.2 Å². The van der Waals surface area contributed by atoms with Gasteiger partial charge in [0.25, 0.3) is 0 Å². The highest BCUT2D eigenvalue weighted by molar-refractivity contribution is 5.99. The Bertz CT molecular complexity index is 653. The zero-order valence-electron chi connectivity index (χ0n) is 13.7. The van der Waals surface area contributed by atoms with Crippen LogP contribution in [0.1, 0.15) is 5.56 Å². The minimum atomic E-state index is -0.515. The minimum Gasteiger partial charge on any atom is -0.390 e. The van der Waals surface area contributed by atoms with Crippen molar-refractivity contribution in [2.75, 3.05) is 31.3 Å². The quantitative estimate of drug-likeness (QED) is 0.758. The highest BCUT2D eigenvalue weighted by atomic mass is 16.3. The summed E-state index contributed by atoms with van der Waals surface area (Å²) in [5.74, 6) is 0. The van der Waals surface area contributed by atoms with E-state index in [9.17, 15) is 9.90 Å². The zero-order valence-corrected chi connectivity index (χ0v) is 13.7. The summed E-state index contributed by atoms with van der Waals surface area (Å²) >= 11 is 0. The summed E-state index contributed by atoms with van der Waals surface area (Å²) in [6, 6.07) is 7.24. The van der Waals surface area contributed by atoms with E-state index in [0.29, 0.717) is 18.8 Å². The fraction of sp³-hybridized carbons (Fsp3) is 0.375. The monoisotopic (exact) mass is 317 g/mol. The maximum Gasteiger partial charge on any atom is 0.323 e. The predicted molar refractivity (Wildman–Crippen MR) is 90.6 cm³/mol. The number of hydrogen-bond donors (Lipinski definition) is 3. The Morgan fingerprint density at radius 3 is 2.78 bits per heavy atom. The van der Waals surface area contributed by atoms with E-state index in [1.807, 2.05) is 50.2 Å². The standard InChI is InChI=1S/C16H23N5O2/c1-12-5-4-6-13(7-12)18-16(23)19-14-8-17-21(9-14)11-15(22)10-20(2)3/h4-9,15,22H,10-11H2,1-3H3,(H2,18,19,23). The first-order valence-corrected chi connectivity index (χ1v) is 7.42. The number of carbonyl (C=O) groups excluding carboxylic acids is 1. The highest BCUT2D eigenvalue weighted by Gasteiger charge is 2.09. The van der Waals surface area contributed by atoms with Gasteiger partial charge in [0.05, 0.1) is 24.5 Å². The Hall–Kier alpha value is -2.38. The largest absolute Gasteiger partial charge is 0.390 e. The van der Waals surface area contributed by atoms with Crippen molar-refractivity contribution in [1.29, 1.82) is 0 Å². The number of aromatic nitrogens is 2. The summed E-state index contributed by atoms with van der Waals surface area (Å²) in [7, 11) is 3.80. The molecule has 7 heteroatoms. The SMILES string of the molecule is Cc1cccc(NC(=O)Nc2cnn(CC(O)CN(C)C)c2)c1. The second-order valence-electron chi connectivity index (χ2n) is 5.82. The molecule has 2 amide bonds. The van der Waals surface area contributed by atoms with Gasteiger partial charge in [-0.05, 0) is 38.7 Å². The third-order valence-corrected chi connectivity index (χ3v) is 3.14. The number of nitrogens with one attached hydrogen (secondary N) is 2. The van der Waals surface area contributed by atoms with Gasteiger partial charge >= 0.3 is 6.03 Å². The van der Waals surface area contributed by atoms with E-state index < -0.39 is 6.10 Å². The fourth-order valence-electron chi connectivity index (χ4n) is 2.24. The van der Waals surface area contributed by atoms with E-state index in [4.69, 9.17) is 0 Å². The number of rotatable bonds is 6. The molecule has 7 nitrogen and oxygen atoms in total. The number of aliphatic hydroxyl groups excluding tert-OH is 1. The smallest absolute Gasteiger partial charge is 0.323 e. The van der Waals surface area contributed by atoms with E-state index in [0.717, 1.165) is 11.3 Å². The molecule has 23 heavy (non-hydrogen) atoms. The van der Waals surface area contributed by atoms with Crippen molar-refractivity contribution >= 4 is 17.4 Å². The van der Waals surface area contributed by atoms with E-state index >= 15 is 0 Å². The molecule has 1 unspecified atom stereocenters. The first-order valence-electron chi connectivity index (χ1n) is 7.42. The fourth-order valence-corrected chi connectivity index (χ4v) is 2.24. The van der Waals surface area contributed by atoms with Gasteiger partial charge in [-0.15, -0.1) is 0 Å². The molecule has 1 aromatic heterocycles. The molecule has 2 rings (SSSR count). The summed E-state index contributed by atoms with van der Waals surface area (Å²) in [6.45, 7) is 2.89. The zero-order chi connectivity index (χ0) is 16.8. The van der Waals surface area contributed by atoms with Crippen molar-refractivity contribution in [3.8, 4) is 0 Å². The summed E-state index contributed by atoms with van der Waals surface area (Å²) in [4.78, 5) is 13.9. The van der Waals surface area contributed by atoms with Gasteiger partial charge < -0.3 is 20.6 Å². The number of likely N-dealkylation sites (N-methyl/N-ethyl adjacent to an activating group) is 1. The maximum absolute atomic E-state index is 12.0. The van der Waals surface area contributed by atoms with E-state index in [2.05, 4.69) is 15.7 Å². The van der Waals surface area contributed by atoms with Crippen molar-refractivity contribution in [2.45, 2.75) is 19.6 Å². The molecule has 1 atom stereocenters. The number of nitrogens with zero attached hydrogens (tertiary/aromatic N) is 3. The normalized spacial score (nSPS) is 12.2. The Morgan fingerprint density at radius 1 is 1.35 bits per heavy atom. The molecule has 0 spiro atoms. The minimum absolute atomic E-state index is 0.330. The lowest BCUT2D eigenvalue weighted by Crippen LogP contribution is -2.29. The van der Waals surface area contributed by atoms with Crippen LogP contribution in [-0.4, -0.2) is 52.6 Å². The number of anilines is 2. The molecule has 124 valence electrons. The van der Waals surface area contributed by atoms with Crippen LogP contribution in [-0.2, 0) is 6.54 Å². The van der Waals surface area contributed by atoms with Crippen LogP contribution < -0.4 is 10.6 Å². The number of amides is 2. The second-order valence-corrected chi connectivity index (χ2v) is 5.82. The Balaban J connectivity index is 1.87. The van der Waals surface area contributed by atoms with E-state index in [-0.39, 0.29) is 6.03 Å². The van der Waals surface area contributed by atoms with Crippen molar-refractivity contribution in [3.63, 3.8) is 0 Å². The number of aliphatic hydroxyl groups is 1. The Morgan fingerprint density at radius 2 is 2.09 bits per heavy atom. The van der Waals surface area contributed by atoms with Gasteiger partial charge in [0.1, 0.15) is 0 Å². The van der Waals surface area contributed by atoms with Gasteiger partial charge in [0.2, 0.25) is 0 Å². The number of aryl methyl sites for hydroxylation is 1. The van der Waals surface area contributed by atoms with Crippen LogP contribution in [0.25, 0.3) is 0 Å². The lowest BCUT2D eigenvalue weighted by atomic mass is 10.2. The predicted octanol–water partition coefficient (Wildman–Crippen LogP) is 1.76. The van der Waals surface area contributed by atoms with Crippen LogP contribution in [0.3, 0.4) is 0 Å². The molecule has 0 aliphatic carbocycles. The Kier molecular flexibility index (Phi) is 5.72. The number of hydrogen-bond acceptors (Lipinski definition) is 4. The second kappa shape index (κ2) is 7.75. The van der Waals surface area contributed by atoms with Crippen LogP contribution in [0.4, 0.5) is 16.2 Å². The number of urea groups is 1. The van der Waals surface area contributed by atoms with Gasteiger partial charge in [0, 0.05) is 18.4 Å². The van der Waals surface area contributed by atoms with Gasteiger partial charge in [-0.25, -0.2) is 4.79 Å². The number of carbonyl (C=O) groups is 1. The lowest BCUT2D eigenvalue weighted by molar-refractivity contribution is 0.116. The molecule has 1 heterocycles. The summed E-state index contributed by atoms with van der Waals surface area (Å²) in [5.41, 5.74) is 2.38. The number of benzene rings is 1. The van der Waals surface area contributed by atoms with Crippen LogP contribution in [0.2, 0.25) is 0 Å². The van der Waals surface area contributed by atoms with Crippen molar-refractivity contribution in [2.24, 2.45) is 0 Å². The maximum atomic E-state index is 12.0. The van der Waals surface area contributed by atoms with Crippen LogP contribution in [0.15, 0.2) is 36.7 Å². The molecule has 0 radical (unpaired) electrons. The average molecular weight is 317 g/mol. The molecule has 0 saturated carbocycles.